The molecule has 0 aliphatic carbocycles. The molecule has 0 fully saturated rings. The van der Waals surface area contributed by atoms with Gasteiger partial charge in [0.1, 0.15) is 0 Å². The van der Waals surface area contributed by atoms with Gasteiger partial charge in [0.2, 0.25) is 0 Å². The highest BCUT2D eigenvalue weighted by Crippen LogP contribution is 2.43. The second kappa shape index (κ2) is 10.8. The molecule has 3 heteroatoms. The highest BCUT2D eigenvalue weighted by atomic mass is 31.2. The third kappa shape index (κ3) is 4.35. The van der Waals surface area contributed by atoms with Crippen LogP contribution in [0.15, 0.2) is 170 Å². The van der Waals surface area contributed by atoms with Gasteiger partial charge in [-0.25, -0.2) is 4.98 Å². The van der Waals surface area contributed by atoms with Crippen molar-refractivity contribution in [3.05, 3.63) is 170 Å². The topological polar surface area (TPSA) is 30.0 Å². The first-order chi connectivity index (χ1) is 21.7. The number of aromatic nitrogens is 1. The van der Waals surface area contributed by atoms with Gasteiger partial charge in [-0.05, 0) is 34.0 Å². The minimum Gasteiger partial charge on any atom is -0.309 e. The maximum absolute atomic E-state index is 15.1. The Morgan fingerprint density at radius 3 is 1.70 bits per heavy atom. The number of nitrogens with zero attached hydrogens (tertiary/aromatic N) is 1. The summed E-state index contributed by atoms with van der Waals surface area (Å²) in [4.78, 5) is 5.28. The lowest BCUT2D eigenvalue weighted by atomic mass is 9.94. The van der Waals surface area contributed by atoms with Gasteiger partial charge in [-0.1, -0.05) is 158 Å². The summed E-state index contributed by atoms with van der Waals surface area (Å²) in [5.41, 5.74) is 5.05. The number of benzene rings is 7. The Bertz CT molecular complexity index is 2310. The Hall–Kier alpha value is -5.30. The summed E-state index contributed by atoms with van der Waals surface area (Å²) in [5, 5.41) is 8.37. The van der Waals surface area contributed by atoms with Gasteiger partial charge < -0.3 is 4.57 Å². The van der Waals surface area contributed by atoms with Crippen molar-refractivity contribution in [1.29, 1.82) is 0 Å². The first kappa shape index (κ1) is 26.3. The maximum Gasteiger partial charge on any atom is 0.171 e. The maximum atomic E-state index is 15.1. The molecule has 0 radical (unpaired) electrons. The van der Waals surface area contributed by atoms with E-state index in [0.717, 1.165) is 54.6 Å². The zero-order valence-electron chi connectivity index (χ0n) is 24.0. The van der Waals surface area contributed by atoms with Crippen LogP contribution in [0.25, 0.3) is 54.8 Å². The van der Waals surface area contributed by atoms with Gasteiger partial charge in [0, 0.05) is 37.6 Å². The van der Waals surface area contributed by atoms with E-state index in [1.807, 2.05) is 78.9 Å². The number of pyridine rings is 1. The van der Waals surface area contributed by atoms with E-state index >= 15 is 4.57 Å². The summed E-state index contributed by atoms with van der Waals surface area (Å²) in [6.07, 6.45) is 0. The van der Waals surface area contributed by atoms with Gasteiger partial charge in [0.15, 0.2) is 7.14 Å². The second-order valence-corrected chi connectivity index (χ2v) is 13.9. The summed E-state index contributed by atoms with van der Waals surface area (Å²) in [6, 6.07) is 57.8. The van der Waals surface area contributed by atoms with Gasteiger partial charge in [-0.15, -0.1) is 0 Å². The van der Waals surface area contributed by atoms with E-state index in [2.05, 4.69) is 91.0 Å². The molecule has 0 aliphatic heterocycles. The molecular formula is C41H28NOP. The fourth-order valence-electron chi connectivity index (χ4n) is 6.38. The molecule has 0 atom stereocenters. The summed E-state index contributed by atoms with van der Waals surface area (Å²) in [7, 11) is -3.10. The van der Waals surface area contributed by atoms with Crippen molar-refractivity contribution in [2.75, 3.05) is 0 Å². The summed E-state index contributed by atoms with van der Waals surface area (Å²) < 4.78 is 15.1. The number of hydrogen-bond donors (Lipinski definition) is 0. The summed E-state index contributed by atoms with van der Waals surface area (Å²) >= 11 is 0. The molecule has 8 rings (SSSR count). The van der Waals surface area contributed by atoms with Gasteiger partial charge in [0.25, 0.3) is 0 Å². The lowest BCUT2D eigenvalue weighted by molar-refractivity contribution is 0.592. The van der Waals surface area contributed by atoms with Crippen molar-refractivity contribution in [2.45, 2.75) is 0 Å². The van der Waals surface area contributed by atoms with Crippen LogP contribution in [0.2, 0.25) is 0 Å². The van der Waals surface area contributed by atoms with Gasteiger partial charge in [-0.2, -0.15) is 0 Å². The molecule has 208 valence electrons. The Balaban J connectivity index is 1.35. The van der Waals surface area contributed by atoms with Gasteiger partial charge in [-0.3, -0.25) is 0 Å². The molecule has 0 aliphatic rings. The molecule has 44 heavy (non-hydrogen) atoms. The average molecular weight is 582 g/mol. The first-order valence-electron chi connectivity index (χ1n) is 14.8. The fourth-order valence-corrected chi connectivity index (χ4v) is 9.07. The summed E-state index contributed by atoms with van der Waals surface area (Å²) in [5.74, 6) is 0. The molecule has 0 saturated heterocycles. The van der Waals surface area contributed by atoms with Crippen LogP contribution in [0.1, 0.15) is 0 Å². The molecule has 1 heterocycles. The van der Waals surface area contributed by atoms with Gasteiger partial charge in [0.05, 0.1) is 11.2 Å². The Morgan fingerprint density at radius 1 is 0.409 bits per heavy atom. The molecule has 0 bridgehead atoms. The third-order valence-electron chi connectivity index (χ3n) is 8.51. The Labute approximate surface area is 256 Å². The van der Waals surface area contributed by atoms with Crippen LogP contribution in [0.5, 0.6) is 0 Å². The number of fused-ring (bicyclic) bond motifs is 5. The predicted molar refractivity (Wildman–Crippen MR) is 187 cm³/mol. The Morgan fingerprint density at radius 2 is 0.977 bits per heavy atom. The van der Waals surface area contributed by atoms with E-state index in [1.54, 1.807) is 0 Å². The van der Waals surface area contributed by atoms with Crippen molar-refractivity contribution in [3.63, 3.8) is 0 Å². The lowest BCUT2D eigenvalue weighted by Crippen LogP contribution is -2.25. The molecule has 0 saturated carbocycles. The molecule has 2 nitrogen and oxygen atoms in total. The molecule has 0 amide bonds. The zero-order valence-corrected chi connectivity index (χ0v) is 24.9. The molecule has 0 N–H and O–H groups in total. The van der Waals surface area contributed by atoms with Crippen LogP contribution < -0.4 is 15.9 Å². The quantitative estimate of drug-likeness (QED) is 0.150. The van der Waals surface area contributed by atoms with Crippen molar-refractivity contribution in [2.24, 2.45) is 0 Å². The van der Waals surface area contributed by atoms with E-state index in [-0.39, 0.29) is 0 Å². The number of rotatable bonds is 5. The predicted octanol–water partition coefficient (Wildman–Crippen LogP) is 9.51. The minimum absolute atomic E-state index is 0.815. The summed E-state index contributed by atoms with van der Waals surface area (Å²) in [6.45, 7) is 0. The van der Waals surface area contributed by atoms with Crippen molar-refractivity contribution in [1.82, 2.24) is 4.98 Å². The minimum atomic E-state index is -3.10. The van der Waals surface area contributed by atoms with E-state index in [0.29, 0.717) is 0 Å². The lowest BCUT2D eigenvalue weighted by Gasteiger charge is -2.20. The van der Waals surface area contributed by atoms with Crippen LogP contribution in [0, 0.1) is 0 Å². The van der Waals surface area contributed by atoms with Crippen LogP contribution >= 0.6 is 7.14 Å². The monoisotopic (exact) mass is 581 g/mol. The highest BCUT2D eigenvalue weighted by molar-refractivity contribution is 7.85. The molecule has 1 aromatic heterocycles. The molecule has 7 aromatic carbocycles. The van der Waals surface area contributed by atoms with E-state index < -0.39 is 7.14 Å². The normalized spacial score (nSPS) is 11.7. The Kier molecular flexibility index (Phi) is 6.44. The van der Waals surface area contributed by atoms with Crippen LogP contribution in [-0.4, -0.2) is 4.98 Å². The van der Waals surface area contributed by atoms with E-state index in [9.17, 15) is 0 Å². The van der Waals surface area contributed by atoms with E-state index in [4.69, 9.17) is 4.98 Å². The SMILES string of the molecule is O=P(c1ccccc1)(c1ccccc1)c1cccc(-c2ccc3c(c2)nc(-c2ccccc2)c2ccc4ccccc4c23)c1. The van der Waals surface area contributed by atoms with Crippen molar-refractivity contribution >= 4 is 55.5 Å². The molecular weight excluding hydrogens is 553 g/mol. The van der Waals surface area contributed by atoms with E-state index in [1.165, 1.54) is 16.2 Å². The molecule has 8 aromatic rings. The number of hydrogen-bond acceptors (Lipinski definition) is 2. The smallest absolute Gasteiger partial charge is 0.171 e. The van der Waals surface area contributed by atoms with Crippen molar-refractivity contribution in [3.8, 4) is 22.4 Å². The largest absolute Gasteiger partial charge is 0.309 e. The van der Waals surface area contributed by atoms with Crippen LogP contribution in [-0.2, 0) is 4.57 Å². The van der Waals surface area contributed by atoms with Crippen LogP contribution in [0.3, 0.4) is 0 Å². The molecule has 0 unspecified atom stereocenters. The third-order valence-corrected chi connectivity index (χ3v) is 11.6. The highest BCUT2D eigenvalue weighted by Gasteiger charge is 2.29. The van der Waals surface area contributed by atoms with Crippen LogP contribution in [0.4, 0.5) is 0 Å². The van der Waals surface area contributed by atoms with Gasteiger partial charge >= 0.3 is 0 Å². The standard InChI is InChI=1S/C41H28NOP/c43-44(33-17-6-2-7-18-33,34-19-8-3-9-20-34)35-21-12-16-31(27-35)32-24-25-37-39(28-32)42-41(30-14-4-1-5-15-30)38-26-23-29-13-10-11-22-36(29)40(37)38/h1-28H. The first-order valence-corrected chi connectivity index (χ1v) is 16.5. The van der Waals surface area contributed by atoms with Crippen molar-refractivity contribution < 1.29 is 4.57 Å². The second-order valence-electron chi connectivity index (χ2n) is 11.1. The zero-order chi connectivity index (χ0) is 29.5. The average Bonchev–Trinajstić information content (AvgIpc) is 3.11. The molecule has 0 spiro atoms. The fraction of sp³-hybridized carbons (Fsp3) is 0.